The van der Waals surface area contributed by atoms with Gasteiger partial charge in [-0.25, -0.2) is 4.98 Å². The van der Waals surface area contributed by atoms with E-state index in [1.807, 2.05) is 24.3 Å². The van der Waals surface area contributed by atoms with E-state index in [4.69, 9.17) is 21.1 Å². The minimum Gasteiger partial charge on any atom is -0.493 e. The van der Waals surface area contributed by atoms with Crippen LogP contribution in [0.25, 0.3) is 0 Å². The van der Waals surface area contributed by atoms with Gasteiger partial charge < -0.3 is 9.47 Å². The maximum atomic E-state index is 12.2. The molecule has 1 aliphatic heterocycles. The van der Waals surface area contributed by atoms with Crippen molar-refractivity contribution in [2.75, 3.05) is 13.7 Å². The molecule has 1 aromatic heterocycles. The van der Waals surface area contributed by atoms with Gasteiger partial charge in [-0.15, -0.1) is 0 Å². The second kappa shape index (κ2) is 5.17. The summed E-state index contributed by atoms with van der Waals surface area (Å²) in [4.78, 5) is 16.2. The molecule has 3 rings (SSSR count). The second-order valence-electron chi connectivity index (χ2n) is 4.57. The fourth-order valence-corrected chi connectivity index (χ4v) is 2.57. The van der Waals surface area contributed by atoms with Crippen LogP contribution in [0.1, 0.15) is 11.5 Å². The minimum atomic E-state index is -0.281. The van der Waals surface area contributed by atoms with Gasteiger partial charge in [0, 0.05) is 18.0 Å². The predicted octanol–water partition coefficient (Wildman–Crippen LogP) is 2.08. The van der Waals surface area contributed by atoms with E-state index in [1.165, 1.54) is 18.0 Å². The van der Waals surface area contributed by atoms with Gasteiger partial charge in [-0.3, -0.25) is 9.36 Å². The summed E-state index contributed by atoms with van der Waals surface area (Å²) in [5.74, 6) is 1.07. The number of methoxy groups -OCH3 is 1. The summed E-state index contributed by atoms with van der Waals surface area (Å²) >= 11 is 5.83. The summed E-state index contributed by atoms with van der Waals surface area (Å²) in [5.41, 5.74) is 0.824. The average Bonchev–Trinajstić information content (AvgIpc) is 2.86. The number of fused-ring (bicyclic) bond motifs is 1. The lowest BCUT2D eigenvalue weighted by molar-refractivity contribution is 0.315. The molecule has 104 valence electrons. The first-order valence-corrected chi connectivity index (χ1v) is 6.59. The van der Waals surface area contributed by atoms with E-state index in [1.54, 1.807) is 0 Å². The van der Waals surface area contributed by atoms with Crippen molar-refractivity contribution >= 4 is 11.6 Å². The normalized spacial score (nSPS) is 16.6. The Balaban J connectivity index is 1.92. The van der Waals surface area contributed by atoms with Crippen molar-refractivity contribution in [1.82, 2.24) is 9.55 Å². The summed E-state index contributed by atoms with van der Waals surface area (Å²) in [7, 11) is 1.41. The molecule has 1 aromatic carbocycles. The Morgan fingerprint density at radius 2 is 2.30 bits per heavy atom. The maximum Gasteiger partial charge on any atom is 0.297 e. The van der Waals surface area contributed by atoms with Crippen molar-refractivity contribution in [2.45, 2.75) is 12.5 Å². The summed E-state index contributed by atoms with van der Waals surface area (Å²) in [5, 5.41) is 0.0804. The van der Waals surface area contributed by atoms with E-state index < -0.39 is 0 Å². The van der Waals surface area contributed by atoms with E-state index in [0.29, 0.717) is 13.2 Å². The third kappa shape index (κ3) is 2.14. The van der Waals surface area contributed by atoms with Crippen LogP contribution in [0.4, 0.5) is 0 Å². The first-order chi connectivity index (χ1) is 9.70. The van der Waals surface area contributed by atoms with Gasteiger partial charge in [0.1, 0.15) is 5.75 Å². The summed E-state index contributed by atoms with van der Waals surface area (Å²) in [6.07, 6.45) is 1.44. The highest BCUT2D eigenvalue weighted by Crippen LogP contribution is 2.34. The van der Waals surface area contributed by atoms with Crippen LogP contribution in [0.2, 0.25) is 5.15 Å². The molecule has 1 aliphatic rings. The van der Waals surface area contributed by atoms with Crippen LogP contribution in [0.15, 0.2) is 35.4 Å². The van der Waals surface area contributed by atoms with Crippen molar-refractivity contribution in [3.05, 3.63) is 51.7 Å². The standard InChI is InChI=1S/C14H13ClN2O3/c1-19-12-13(15)16-8-17(14(12)18)6-9-7-20-11-5-3-2-4-10(9)11/h2-5,8-9H,6-7H2,1H3. The predicted molar refractivity (Wildman–Crippen MR) is 74.7 cm³/mol. The molecule has 20 heavy (non-hydrogen) atoms. The van der Waals surface area contributed by atoms with Crippen LogP contribution in [0.5, 0.6) is 11.5 Å². The lowest BCUT2D eigenvalue weighted by Gasteiger charge is -2.12. The van der Waals surface area contributed by atoms with Crippen LogP contribution in [0, 0.1) is 0 Å². The van der Waals surface area contributed by atoms with Gasteiger partial charge in [0.25, 0.3) is 5.56 Å². The molecule has 0 saturated carbocycles. The lowest BCUT2D eigenvalue weighted by Crippen LogP contribution is -2.25. The van der Waals surface area contributed by atoms with Crippen molar-refractivity contribution in [2.24, 2.45) is 0 Å². The van der Waals surface area contributed by atoms with Gasteiger partial charge >= 0.3 is 0 Å². The molecular weight excluding hydrogens is 280 g/mol. The number of ether oxygens (including phenoxy) is 2. The zero-order valence-electron chi connectivity index (χ0n) is 10.9. The zero-order chi connectivity index (χ0) is 14.1. The molecule has 2 heterocycles. The van der Waals surface area contributed by atoms with E-state index >= 15 is 0 Å². The molecule has 0 spiro atoms. The highest BCUT2D eigenvalue weighted by atomic mass is 35.5. The average molecular weight is 293 g/mol. The summed E-state index contributed by atoms with van der Waals surface area (Å²) in [6, 6.07) is 7.83. The van der Waals surface area contributed by atoms with Gasteiger partial charge in [-0.05, 0) is 6.07 Å². The Kier molecular flexibility index (Phi) is 3.36. The molecule has 0 amide bonds. The first kappa shape index (κ1) is 13.0. The van der Waals surface area contributed by atoms with Gasteiger partial charge in [0.05, 0.1) is 20.0 Å². The molecule has 1 atom stereocenters. The van der Waals surface area contributed by atoms with Crippen molar-refractivity contribution in [3.63, 3.8) is 0 Å². The molecule has 0 aliphatic carbocycles. The number of halogens is 1. The topological polar surface area (TPSA) is 53.4 Å². The highest BCUT2D eigenvalue weighted by molar-refractivity contribution is 6.30. The van der Waals surface area contributed by atoms with Crippen molar-refractivity contribution in [1.29, 1.82) is 0 Å². The van der Waals surface area contributed by atoms with Gasteiger partial charge in [0.15, 0.2) is 5.15 Å². The second-order valence-corrected chi connectivity index (χ2v) is 4.93. The molecule has 2 aromatic rings. The number of rotatable bonds is 3. The van der Waals surface area contributed by atoms with Crippen LogP contribution in [-0.2, 0) is 6.54 Å². The Labute approximate surface area is 120 Å². The number of benzene rings is 1. The van der Waals surface area contributed by atoms with E-state index in [0.717, 1.165) is 11.3 Å². The Morgan fingerprint density at radius 1 is 1.50 bits per heavy atom. The zero-order valence-corrected chi connectivity index (χ0v) is 11.6. The van der Waals surface area contributed by atoms with Crippen molar-refractivity contribution in [3.8, 4) is 11.5 Å². The Bertz CT molecular complexity index is 699. The molecule has 0 fully saturated rings. The molecule has 5 nitrogen and oxygen atoms in total. The molecule has 0 radical (unpaired) electrons. The van der Waals surface area contributed by atoms with Gasteiger partial charge in [-0.1, -0.05) is 29.8 Å². The van der Waals surface area contributed by atoms with E-state index in [-0.39, 0.29) is 22.4 Å². The van der Waals surface area contributed by atoms with Crippen molar-refractivity contribution < 1.29 is 9.47 Å². The molecular formula is C14H13ClN2O3. The summed E-state index contributed by atoms with van der Waals surface area (Å²) in [6.45, 7) is 1.03. The highest BCUT2D eigenvalue weighted by Gasteiger charge is 2.25. The lowest BCUT2D eigenvalue weighted by atomic mass is 10.0. The largest absolute Gasteiger partial charge is 0.493 e. The Hall–Kier alpha value is -2.01. The number of nitrogens with zero attached hydrogens (tertiary/aromatic N) is 2. The molecule has 6 heteroatoms. The van der Waals surface area contributed by atoms with Crippen LogP contribution < -0.4 is 15.0 Å². The fraction of sp³-hybridized carbons (Fsp3) is 0.286. The fourth-order valence-electron chi connectivity index (χ4n) is 2.37. The molecule has 0 saturated heterocycles. The molecule has 0 bridgehead atoms. The van der Waals surface area contributed by atoms with E-state index in [2.05, 4.69) is 4.98 Å². The maximum absolute atomic E-state index is 12.2. The van der Waals surface area contributed by atoms with E-state index in [9.17, 15) is 4.79 Å². The SMILES string of the molecule is COc1c(Cl)ncn(CC2COc3ccccc32)c1=O. The van der Waals surface area contributed by atoms with Gasteiger partial charge in [0.2, 0.25) is 5.75 Å². The summed E-state index contributed by atoms with van der Waals surface area (Å²) < 4.78 is 12.1. The van der Waals surface area contributed by atoms with Crippen LogP contribution in [0.3, 0.4) is 0 Å². The first-order valence-electron chi connectivity index (χ1n) is 6.21. The number of para-hydroxylation sites is 1. The van der Waals surface area contributed by atoms with Crippen LogP contribution in [-0.4, -0.2) is 23.3 Å². The third-order valence-corrected chi connectivity index (χ3v) is 3.64. The quantitative estimate of drug-likeness (QED) is 0.813. The number of hydrogen-bond donors (Lipinski definition) is 0. The van der Waals surface area contributed by atoms with Crippen LogP contribution >= 0.6 is 11.6 Å². The number of hydrogen-bond acceptors (Lipinski definition) is 4. The number of aromatic nitrogens is 2. The molecule has 1 unspecified atom stereocenters. The smallest absolute Gasteiger partial charge is 0.297 e. The Morgan fingerprint density at radius 3 is 3.10 bits per heavy atom. The minimum absolute atomic E-state index is 0.0707. The monoisotopic (exact) mass is 292 g/mol. The third-order valence-electron chi connectivity index (χ3n) is 3.37. The van der Waals surface area contributed by atoms with Gasteiger partial charge in [-0.2, -0.15) is 0 Å². The molecule has 0 N–H and O–H groups in total.